The molecule has 276 valence electrons. The van der Waals surface area contributed by atoms with Crippen LogP contribution in [0.25, 0.3) is 0 Å². The number of halogens is 2. The highest BCUT2D eigenvalue weighted by atomic mass is 19.3. The fourth-order valence-electron chi connectivity index (χ4n) is 7.05. The Hall–Kier alpha value is -2.88. The van der Waals surface area contributed by atoms with Crippen LogP contribution in [0.5, 0.6) is 0 Å². The van der Waals surface area contributed by atoms with E-state index in [0.29, 0.717) is 0 Å². The van der Waals surface area contributed by atoms with Gasteiger partial charge in [0.05, 0.1) is 26.4 Å². The lowest BCUT2D eigenvalue weighted by atomic mass is 9.97. The van der Waals surface area contributed by atoms with Crippen LogP contribution in [0, 0.1) is 0 Å². The smallest absolute Gasteiger partial charge is 0.267 e. The van der Waals surface area contributed by atoms with Gasteiger partial charge in [0.25, 0.3) is 6.43 Å². The molecule has 0 radical (unpaired) electrons. The van der Waals surface area contributed by atoms with Crippen molar-refractivity contribution in [3.8, 4) is 0 Å². The van der Waals surface area contributed by atoms with Crippen LogP contribution in [-0.4, -0.2) is 86.0 Å². The van der Waals surface area contributed by atoms with Gasteiger partial charge in [-0.3, -0.25) is 0 Å². The first kappa shape index (κ1) is 36.5. The lowest BCUT2D eigenvalue weighted by Crippen LogP contribution is -2.63. The van der Waals surface area contributed by atoms with Crippen molar-refractivity contribution in [2.75, 3.05) is 6.61 Å². The van der Waals surface area contributed by atoms with Crippen molar-refractivity contribution in [2.24, 2.45) is 0 Å². The monoisotopic (exact) mass is 712 g/mol. The molecule has 12 heteroatoms. The number of alkyl halides is 2. The molecule has 3 aromatic carbocycles. The van der Waals surface area contributed by atoms with Crippen LogP contribution < -0.4 is 0 Å². The van der Waals surface area contributed by atoms with E-state index >= 15 is 8.78 Å². The molecule has 51 heavy (non-hydrogen) atoms. The van der Waals surface area contributed by atoms with Crippen molar-refractivity contribution in [1.29, 1.82) is 0 Å². The maximum absolute atomic E-state index is 15.0. The number of ether oxygens (including phenoxy) is 10. The van der Waals surface area contributed by atoms with Gasteiger partial charge in [0, 0.05) is 0 Å². The van der Waals surface area contributed by atoms with Gasteiger partial charge >= 0.3 is 0 Å². The minimum atomic E-state index is -2.93. The first-order valence-corrected chi connectivity index (χ1v) is 17.4. The lowest BCUT2D eigenvalue weighted by molar-refractivity contribution is -0.345. The Morgan fingerprint density at radius 1 is 0.549 bits per heavy atom. The SMILES string of the molecule is CC1(C)O[C@H]2[C@@H](O1)[C@@H](CO[C@@H]1O[C@H](C(F)F)[C@@H](OCc3ccccc3)[C@H](OCc3ccccc3)[C@@H]1OCc1ccccc1)O[C@@H]1OC(C)(C)O[C@@H]12. The molecule has 0 amide bonds. The van der Waals surface area contributed by atoms with Crippen molar-refractivity contribution in [3.05, 3.63) is 108 Å². The first-order valence-electron chi connectivity index (χ1n) is 17.4. The van der Waals surface area contributed by atoms with Crippen molar-refractivity contribution in [1.82, 2.24) is 0 Å². The highest BCUT2D eigenvalue weighted by molar-refractivity contribution is 5.16. The molecule has 4 aliphatic heterocycles. The largest absolute Gasteiger partial charge is 0.368 e. The zero-order chi connectivity index (χ0) is 35.6. The van der Waals surface area contributed by atoms with Crippen molar-refractivity contribution < 1.29 is 56.1 Å². The number of hydrogen-bond acceptors (Lipinski definition) is 10. The normalized spacial score (nSPS) is 33.9. The summed E-state index contributed by atoms with van der Waals surface area (Å²) in [5, 5.41) is 0. The molecule has 0 aliphatic carbocycles. The van der Waals surface area contributed by atoms with Crippen LogP contribution in [0.3, 0.4) is 0 Å². The molecule has 4 saturated heterocycles. The van der Waals surface area contributed by atoms with E-state index in [1.165, 1.54) is 0 Å². The summed E-state index contributed by atoms with van der Waals surface area (Å²) in [6.07, 6.45) is -12.2. The number of rotatable bonds is 13. The van der Waals surface area contributed by atoms with Crippen LogP contribution >= 0.6 is 0 Å². The summed E-state index contributed by atoms with van der Waals surface area (Å²) in [6, 6.07) is 28.4. The summed E-state index contributed by atoms with van der Waals surface area (Å²) in [7, 11) is 0. The third kappa shape index (κ3) is 8.68. The third-order valence-electron chi connectivity index (χ3n) is 9.31. The summed E-state index contributed by atoms with van der Waals surface area (Å²) in [5.41, 5.74) is 2.55. The minimum Gasteiger partial charge on any atom is -0.368 e. The quantitative estimate of drug-likeness (QED) is 0.206. The number of hydrogen-bond donors (Lipinski definition) is 0. The maximum Gasteiger partial charge on any atom is 0.267 e. The lowest BCUT2D eigenvalue weighted by Gasteiger charge is -2.46. The van der Waals surface area contributed by atoms with E-state index in [-0.39, 0.29) is 26.4 Å². The molecule has 7 rings (SSSR count). The van der Waals surface area contributed by atoms with E-state index in [1.807, 2.05) is 105 Å². The van der Waals surface area contributed by atoms with E-state index in [0.717, 1.165) is 16.7 Å². The third-order valence-corrected chi connectivity index (χ3v) is 9.31. The van der Waals surface area contributed by atoms with E-state index in [9.17, 15) is 0 Å². The van der Waals surface area contributed by atoms with E-state index in [4.69, 9.17) is 47.4 Å². The van der Waals surface area contributed by atoms with Crippen LogP contribution in [0.15, 0.2) is 91.0 Å². The van der Waals surface area contributed by atoms with Crippen LogP contribution in [-0.2, 0) is 67.2 Å². The molecule has 10 nitrogen and oxygen atoms in total. The molecule has 3 aromatic rings. The van der Waals surface area contributed by atoms with Crippen molar-refractivity contribution in [3.63, 3.8) is 0 Å². The van der Waals surface area contributed by atoms with Crippen molar-refractivity contribution >= 4 is 0 Å². The molecule has 0 unspecified atom stereocenters. The van der Waals surface area contributed by atoms with Gasteiger partial charge in [0.2, 0.25) is 0 Å². The van der Waals surface area contributed by atoms with Crippen molar-refractivity contribution in [2.45, 2.75) is 127 Å². The number of benzene rings is 3. The fourth-order valence-corrected chi connectivity index (χ4v) is 7.05. The molecule has 4 fully saturated rings. The minimum absolute atomic E-state index is 0.0628. The highest BCUT2D eigenvalue weighted by Crippen LogP contribution is 2.44. The van der Waals surface area contributed by atoms with Gasteiger partial charge in [0.1, 0.15) is 42.7 Å². The summed E-state index contributed by atoms with van der Waals surface area (Å²) in [6.45, 7) is 7.45. The maximum atomic E-state index is 15.0. The summed E-state index contributed by atoms with van der Waals surface area (Å²) >= 11 is 0. The Morgan fingerprint density at radius 3 is 1.57 bits per heavy atom. The standard InChI is InChI=1S/C39H46F2O10/c1-38(2)48-28-27(46-37-34(31(28)49-38)50-39(3,4)51-37)23-45-36-33(44-22-26-18-12-7-13-19-26)30(43-21-25-16-10-6-11-17-25)29(32(47-36)35(40)41)42-20-24-14-8-5-9-15-24/h5-19,27-37H,20-23H2,1-4H3/t27-,28+,29+,30+,31+,32+,33+,34-,36-,37-/m1/s1. The van der Waals surface area contributed by atoms with Gasteiger partial charge in [-0.1, -0.05) is 91.0 Å². The Morgan fingerprint density at radius 2 is 1.02 bits per heavy atom. The zero-order valence-electron chi connectivity index (χ0n) is 29.2. The molecule has 0 bridgehead atoms. The van der Waals surface area contributed by atoms with Gasteiger partial charge in [-0.25, -0.2) is 8.78 Å². The molecular weight excluding hydrogens is 666 g/mol. The Balaban J connectivity index is 1.17. The summed E-state index contributed by atoms with van der Waals surface area (Å²) < 4.78 is 92.8. The van der Waals surface area contributed by atoms with Gasteiger partial charge < -0.3 is 47.4 Å². The summed E-state index contributed by atoms with van der Waals surface area (Å²) in [5.74, 6) is -1.83. The van der Waals surface area contributed by atoms with Gasteiger partial charge in [-0.05, 0) is 44.4 Å². The Kier molecular flexibility index (Phi) is 11.2. The first-order chi connectivity index (χ1) is 24.6. The fraction of sp³-hybridized carbons (Fsp3) is 0.538. The second kappa shape index (κ2) is 15.6. The second-order valence-corrected chi connectivity index (χ2v) is 14.1. The van der Waals surface area contributed by atoms with Gasteiger partial charge in [0.15, 0.2) is 30.3 Å². The van der Waals surface area contributed by atoms with Gasteiger partial charge in [-0.2, -0.15) is 0 Å². The van der Waals surface area contributed by atoms with E-state index in [1.54, 1.807) is 13.8 Å². The van der Waals surface area contributed by atoms with Gasteiger partial charge in [-0.15, -0.1) is 0 Å². The molecule has 0 spiro atoms. The Bertz CT molecular complexity index is 1530. The average Bonchev–Trinajstić information content (AvgIpc) is 3.62. The average molecular weight is 713 g/mol. The molecule has 4 heterocycles. The topological polar surface area (TPSA) is 92.3 Å². The zero-order valence-corrected chi connectivity index (χ0v) is 29.2. The molecule has 10 atom stereocenters. The molecule has 0 saturated carbocycles. The molecule has 4 aliphatic rings. The van der Waals surface area contributed by atoms with E-state index in [2.05, 4.69) is 0 Å². The molecular formula is C39H46F2O10. The highest BCUT2D eigenvalue weighted by Gasteiger charge is 2.61. The predicted octanol–water partition coefficient (Wildman–Crippen LogP) is 6.15. The molecule has 0 aromatic heterocycles. The second-order valence-electron chi connectivity index (χ2n) is 14.1. The van der Waals surface area contributed by atoms with Crippen LogP contribution in [0.1, 0.15) is 44.4 Å². The molecule has 0 N–H and O–H groups in total. The van der Waals surface area contributed by atoms with Crippen LogP contribution in [0.2, 0.25) is 0 Å². The van der Waals surface area contributed by atoms with Crippen LogP contribution in [0.4, 0.5) is 8.78 Å². The van der Waals surface area contributed by atoms with E-state index < -0.39 is 79.4 Å². The Labute approximate surface area is 297 Å². The summed E-state index contributed by atoms with van der Waals surface area (Å²) in [4.78, 5) is 0. The number of fused-ring (bicyclic) bond motifs is 3. The predicted molar refractivity (Wildman–Crippen MR) is 178 cm³/mol.